The Morgan fingerprint density at radius 2 is 1.89 bits per heavy atom. The zero-order chi connectivity index (χ0) is 14.0. The van der Waals surface area contributed by atoms with Gasteiger partial charge in [0.25, 0.3) is 5.91 Å². The number of nitrogen functional groups attached to an aromatic ring is 1. The van der Waals surface area contributed by atoms with Crippen molar-refractivity contribution in [3.63, 3.8) is 0 Å². The molecule has 0 aromatic heterocycles. The average molecular weight is 264 g/mol. The molecule has 0 aliphatic heterocycles. The molecule has 1 aliphatic carbocycles. The van der Waals surface area contributed by atoms with E-state index in [4.69, 9.17) is 5.73 Å². The van der Waals surface area contributed by atoms with E-state index >= 15 is 0 Å². The molecule has 1 fully saturated rings. The molecular formula is C15H21FN2O. The molecule has 2 atom stereocenters. The van der Waals surface area contributed by atoms with Crippen LogP contribution >= 0.6 is 0 Å². The van der Waals surface area contributed by atoms with E-state index in [1.54, 1.807) is 0 Å². The van der Waals surface area contributed by atoms with E-state index < -0.39 is 5.82 Å². The van der Waals surface area contributed by atoms with Gasteiger partial charge in [0.1, 0.15) is 5.82 Å². The molecule has 0 radical (unpaired) electrons. The van der Waals surface area contributed by atoms with Crippen LogP contribution < -0.4 is 11.1 Å². The first-order chi connectivity index (χ1) is 8.95. The van der Waals surface area contributed by atoms with Crippen LogP contribution in [0.5, 0.6) is 0 Å². The normalized spacial score (nSPS) is 27.0. The quantitative estimate of drug-likeness (QED) is 0.807. The zero-order valence-electron chi connectivity index (χ0n) is 11.4. The number of nitrogens with two attached hydrogens (primary N) is 1. The Balaban J connectivity index is 2.06. The lowest BCUT2D eigenvalue weighted by Gasteiger charge is -2.32. The Bertz CT molecular complexity index is 465. The van der Waals surface area contributed by atoms with E-state index in [0.29, 0.717) is 17.5 Å². The maximum absolute atomic E-state index is 13.6. The molecule has 0 heterocycles. The van der Waals surface area contributed by atoms with Crippen LogP contribution in [0.4, 0.5) is 10.1 Å². The summed E-state index contributed by atoms with van der Waals surface area (Å²) in [5.74, 6) is 0.305. The number of carbonyl (C=O) groups excluding carboxylic acids is 1. The molecule has 104 valence electrons. The summed E-state index contributed by atoms with van der Waals surface area (Å²) in [6.07, 6.45) is 3.11. The minimum Gasteiger partial charge on any atom is -0.399 e. The van der Waals surface area contributed by atoms with Crippen molar-refractivity contribution in [2.45, 2.75) is 39.2 Å². The maximum Gasteiger partial charge on any atom is 0.254 e. The topological polar surface area (TPSA) is 55.1 Å². The number of rotatable bonds is 2. The van der Waals surface area contributed by atoms with Gasteiger partial charge in [0.05, 0.1) is 5.56 Å². The lowest BCUT2D eigenvalue weighted by Crippen LogP contribution is -2.40. The van der Waals surface area contributed by atoms with Gasteiger partial charge in [-0.05, 0) is 49.3 Å². The van der Waals surface area contributed by atoms with Crippen LogP contribution in [0.15, 0.2) is 18.2 Å². The van der Waals surface area contributed by atoms with Gasteiger partial charge in [-0.25, -0.2) is 4.39 Å². The van der Waals surface area contributed by atoms with E-state index in [1.807, 2.05) is 0 Å². The summed E-state index contributed by atoms with van der Waals surface area (Å²) in [5, 5.41) is 2.93. The molecule has 1 amide bonds. The fourth-order valence-corrected chi connectivity index (χ4v) is 3.04. The molecule has 4 heteroatoms. The second-order valence-corrected chi connectivity index (χ2v) is 5.83. The predicted octanol–water partition coefficient (Wildman–Crippen LogP) is 2.96. The van der Waals surface area contributed by atoms with Crippen LogP contribution in [0.25, 0.3) is 0 Å². The minimum atomic E-state index is -0.524. The summed E-state index contributed by atoms with van der Waals surface area (Å²) in [6.45, 7) is 4.38. The first-order valence-electron chi connectivity index (χ1n) is 6.81. The van der Waals surface area contributed by atoms with Gasteiger partial charge in [0.15, 0.2) is 0 Å². The third-order valence-corrected chi connectivity index (χ3v) is 3.75. The third-order valence-electron chi connectivity index (χ3n) is 3.75. The molecule has 1 aliphatic rings. The van der Waals surface area contributed by atoms with Crippen molar-refractivity contribution in [1.29, 1.82) is 0 Å². The standard InChI is InChI=1S/C15H21FN2O/c1-9-5-10(2)7-12(6-9)18-15(19)13-8-11(17)3-4-14(13)16/h3-4,8-10,12H,5-7,17H2,1-2H3,(H,18,19). The number of benzene rings is 1. The van der Waals surface area contributed by atoms with Gasteiger partial charge < -0.3 is 11.1 Å². The van der Waals surface area contributed by atoms with Crippen molar-refractivity contribution >= 4 is 11.6 Å². The van der Waals surface area contributed by atoms with Crippen LogP contribution in [0.2, 0.25) is 0 Å². The molecule has 2 unspecified atom stereocenters. The summed E-state index contributed by atoms with van der Waals surface area (Å²) >= 11 is 0. The Hall–Kier alpha value is -1.58. The molecule has 3 N–H and O–H groups in total. The van der Waals surface area contributed by atoms with Gasteiger partial charge in [-0.3, -0.25) is 4.79 Å². The van der Waals surface area contributed by atoms with Crippen LogP contribution in [0.3, 0.4) is 0 Å². The average Bonchev–Trinajstić information content (AvgIpc) is 2.30. The van der Waals surface area contributed by atoms with Crippen LogP contribution in [0.1, 0.15) is 43.5 Å². The largest absolute Gasteiger partial charge is 0.399 e. The van der Waals surface area contributed by atoms with E-state index in [9.17, 15) is 9.18 Å². The molecule has 0 bridgehead atoms. The Morgan fingerprint density at radius 1 is 1.26 bits per heavy atom. The summed E-state index contributed by atoms with van der Waals surface area (Å²) in [6, 6.07) is 4.21. The lowest BCUT2D eigenvalue weighted by atomic mass is 9.80. The first-order valence-corrected chi connectivity index (χ1v) is 6.81. The van der Waals surface area contributed by atoms with Gasteiger partial charge in [-0.2, -0.15) is 0 Å². The van der Waals surface area contributed by atoms with Crippen molar-refractivity contribution in [3.8, 4) is 0 Å². The van der Waals surface area contributed by atoms with Gasteiger partial charge in [0.2, 0.25) is 0 Å². The van der Waals surface area contributed by atoms with Crippen LogP contribution in [-0.4, -0.2) is 11.9 Å². The minimum absolute atomic E-state index is 0.0332. The number of nitrogens with one attached hydrogen (secondary N) is 1. The van der Waals surface area contributed by atoms with Crippen molar-refractivity contribution < 1.29 is 9.18 Å². The van der Waals surface area contributed by atoms with Crippen molar-refractivity contribution in [3.05, 3.63) is 29.6 Å². The summed E-state index contributed by atoms with van der Waals surface area (Å²) in [4.78, 5) is 12.1. The van der Waals surface area contributed by atoms with Gasteiger partial charge in [-0.15, -0.1) is 0 Å². The fraction of sp³-hybridized carbons (Fsp3) is 0.533. The molecule has 1 aromatic rings. The maximum atomic E-state index is 13.6. The zero-order valence-corrected chi connectivity index (χ0v) is 11.4. The Morgan fingerprint density at radius 3 is 2.53 bits per heavy atom. The van der Waals surface area contributed by atoms with E-state index in [0.717, 1.165) is 12.8 Å². The highest BCUT2D eigenvalue weighted by molar-refractivity contribution is 5.95. The fourth-order valence-electron chi connectivity index (χ4n) is 3.04. The molecule has 0 saturated heterocycles. The smallest absolute Gasteiger partial charge is 0.254 e. The second kappa shape index (κ2) is 5.59. The molecule has 1 saturated carbocycles. The van der Waals surface area contributed by atoms with Crippen molar-refractivity contribution in [2.75, 3.05) is 5.73 Å². The number of carbonyl (C=O) groups is 1. The summed E-state index contributed by atoms with van der Waals surface area (Å²) in [5.41, 5.74) is 6.03. The second-order valence-electron chi connectivity index (χ2n) is 5.83. The Labute approximate surface area is 113 Å². The van der Waals surface area contributed by atoms with Crippen molar-refractivity contribution in [2.24, 2.45) is 11.8 Å². The third kappa shape index (κ3) is 3.46. The number of amides is 1. The number of hydrogen-bond donors (Lipinski definition) is 2. The molecule has 1 aromatic carbocycles. The van der Waals surface area contributed by atoms with E-state index in [2.05, 4.69) is 19.2 Å². The lowest BCUT2D eigenvalue weighted by molar-refractivity contribution is 0.0907. The van der Waals surface area contributed by atoms with E-state index in [-0.39, 0.29) is 17.5 Å². The van der Waals surface area contributed by atoms with Gasteiger partial charge in [-0.1, -0.05) is 13.8 Å². The molecular weight excluding hydrogens is 243 g/mol. The van der Waals surface area contributed by atoms with Gasteiger partial charge in [0, 0.05) is 11.7 Å². The van der Waals surface area contributed by atoms with Crippen LogP contribution in [0, 0.1) is 17.7 Å². The van der Waals surface area contributed by atoms with E-state index in [1.165, 1.54) is 24.6 Å². The number of halogens is 1. The highest BCUT2D eigenvalue weighted by atomic mass is 19.1. The summed E-state index contributed by atoms with van der Waals surface area (Å²) in [7, 11) is 0. The Kier molecular flexibility index (Phi) is 4.08. The molecule has 2 rings (SSSR count). The highest BCUT2D eigenvalue weighted by Gasteiger charge is 2.26. The highest BCUT2D eigenvalue weighted by Crippen LogP contribution is 2.28. The first kappa shape index (κ1) is 13.8. The predicted molar refractivity (Wildman–Crippen MR) is 74.2 cm³/mol. The van der Waals surface area contributed by atoms with Gasteiger partial charge >= 0.3 is 0 Å². The van der Waals surface area contributed by atoms with Crippen molar-refractivity contribution in [1.82, 2.24) is 5.32 Å². The number of hydrogen-bond acceptors (Lipinski definition) is 2. The molecule has 19 heavy (non-hydrogen) atoms. The SMILES string of the molecule is CC1CC(C)CC(NC(=O)c2cc(N)ccc2F)C1. The molecule has 0 spiro atoms. The van der Waals surface area contributed by atoms with Crippen LogP contribution in [-0.2, 0) is 0 Å². The number of anilines is 1. The monoisotopic (exact) mass is 264 g/mol. The summed E-state index contributed by atoms with van der Waals surface area (Å²) < 4.78 is 13.6. The molecule has 3 nitrogen and oxygen atoms in total.